The molecule has 0 spiro atoms. The van der Waals surface area contributed by atoms with Crippen molar-refractivity contribution in [2.45, 2.75) is 19.8 Å². The normalized spacial score (nSPS) is 14.8. The molecular weight excluding hydrogens is 314 g/mol. The predicted octanol–water partition coefficient (Wildman–Crippen LogP) is 3.63. The van der Waals surface area contributed by atoms with Crippen LogP contribution < -0.4 is 10.6 Å². The molecule has 24 heavy (non-hydrogen) atoms. The number of carbonyl (C=O) groups excluding carboxylic acids is 2. The number of rotatable bonds is 4. The quantitative estimate of drug-likeness (QED) is 0.841. The molecule has 2 aromatic carbocycles. The summed E-state index contributed by atoms with van der Waals surface area (Å²) >= 11 is 0. The van der Waals surface area contributed by atoms with Gasteiger partial charge in [-0.1, -0.05) is 24.3 Å². The Balaban J connectivity index is 1.77. The molecule has 0 unspecified atom stereocenters. The van der Waals surface area contributed by atoms with Crippen LogP contribution in [0.2, 0.25) is 0 Å². The van der Waals surface area contributed by atoms with Crippen molar-refractivity contribution in [1.29, 1.82) is 0 Å². The second-order valence-electron chi connectivity index (χ2n) is 5.90. The van der Waals surface area contributed by atoms with Gasteiger partial charge in [0.2, 0.25) is 11.8 Å². The topological polar surface area (TPSA) is 58.2 Å². The summed E-state index contributed by atoms with van der Waals surface area (Å²) in [5.74, 6) is -2.92. The maximum atomic E-state index is 13.7. The minimum Gasteiger partial charge on any atom is -0.325 e. The Labute approximate surface area is 137 Å². The van der Waals surface area contributed by atoms with Gasteiger partial charge in [-0.25, -0.2) is 8.78 Å². The van der Waals surface area contributed by atoms with Gasteiger partial charge in [-0.2, -0.15) is 0 Å². The molecule has 0 atom stereocenters. The second-order valence-corrected chi connectivity index (χ2v) is 5.90. The van der Waals surface area contributed by atoms with Gasteiger partial charge in [0, 0.05) is 5.69 Å². The lowest BCUT2D eigenvalue weighted by molar-refractivity contribution is -0.131. The molecule has 0 radical (unpaired) electrons. The third-order valence-corrected chi connectivity index (χ3v) is 4.21. The fourth-order valence-electron chi connectivity index (χ4n) is 2.49. The minimum absolute atomic E-state index is 0.340. The molecule has 124 valence electrons. The van der Waals surface area contributed by atoms with E-state index in [1.807, 2.05) is 19.1 Å². The summed E-state index contributed by atoms with van der Waals surface area (Å²) in [6, 6.07) is 10.5. The highest BCUT2D eigenvalue weighted by Gasteiger charge is 2.56. The lowest BCUT2D eigenvalue weighted by atomic mass is 10.0. The van der Waals surface area contributed by atoms with Crippen LogP contribution in [0.5, 0.6) is 0 Å². The summed E-state index contributed by atoms with van der Waals surface area (Å²) in [6.07, 6.45) is 0.680. The molecule has 3 rings (SSSR count). The summed E-state index contributed by atoms with van der Waals surface area (Å²) in [5.41, 5.74) is -0.338. The SMILES string of the molecule is Cc1ccccc1NC(=O)C1(C(=O)Nc2c(F)cccc2F)CC1. The fourth-order valence-corrected chi connectivity index (χ4v) is 2.49. The third-order valence-electron chi connectivity index (χ3n) is 4.21. The molecule has 1 saturated carbocycles. The average molecular weight is 330 g/mol. The van der Waals surface area contributed by atoms with Gasteiger partial charge in [-0.05, 0) is 43.5 Å². The van der Waals surface area contributed by atoms with Crippen molar-refractivity contribution < 1.29 is 18.4 Å². The van der Waals surface area contributed by atoms with Crippen molar-refractivity contribution in [3.63, 3.8) is 0 Å². The highest BCUT2D eigenvalue weighted by Crippen LogP contribution is 2.47. The summed E-state index contributed by atoms with van der Waals surface area (Å²) in [7, 11) is 0. The zero-order valence-electron chi connectivity index (χ0n) is 13.0. The van der Waals surface area contributed by atoms with Crippen LogP contribution in [0.25, 0.3) is 0 Å². The van der Waals surface area contributed by atoms with Crippen LogP contribution in [0.1, 0.15) is 18.4 Å². The fraction of sp³-hybridized carbons (Fsp3) is 0.222. The summed E-state index contributed by atoms with van der Waals surface area (Å²) in [4.78, 5) is 24.9. The van der Waals surface area contributed by atoms with Crippen LogP contribution in [0.15, 0.2) is 42.5 Å². The molecule has 0 saturated heterocycles. The number of halogens is 2. The number of nitrogens with one attached hydrogen (secondary N) is 2. The highest BCUT2D eigenvalue weighted by atomic mass is 19.1. The molecule has 6 heteroatoms. The molecule has 4 nitrogen and oxygen atoms in total. The van der Waals surface area contributed by atoms with Crippen LogP contribution in [0.4, 0.5) is 20.2 Å². The third kappa shape index (κ3) is 2.87. The van der Waals surface area contributed by atoms with E-state index >= 15 is 0 Å². The summed E-state index contributed by atoms with van der Waals surface area (Å²) < 4.78 is 27.3. The first-order valence-corrected chi connectivity index (χ1v) is 7.56. The van der Waals surface area contributed by atoms with Gasteiger partial charge in [0.05, 0.1) is 0 Å². The standard InChI is InChI=1S/C18H16F2N2O2/c1-11-5-2-3-8-14(11)21-16(23)18(9-10-18)17(24)22-15-12(19)6-4-7-13(15)20/h2-8H,9-10H2,1H3,(H,21,23)(H,22,24). The van der Waals surface area contributed by atoms with E-state index in [2.05, 4.69) is 10.6 Å². The predicted molar refractivity (Wildman–Crippen MR) is 86.5 cm³/mol. The monoisotopic (exact) mass is 330 g/mol. The lowest BCUT2D eigenvalue weighted by Crippen LogP contribution is -2.36. The van der Waals surface area contributed by atoms with E-state index in [1.54, 1.807) is 12.1 Å². The number of amides is 2. The number of hydrogen-bond donors (Lipinski definition) is 2. The first kappa shape index (κ1) is 16.1. The summed E-state index contributed by atoms with van der Waals surface area (Å²) in [6.45, 7) is 1.84. The van der Waals surface area contributed by atoms with Crippen molar-refractivity contribution in [2.75, 3.05) is 10.6 Å². The van der Waals surface area contributed by atoms with Crippen molar-refractivity contribution in [1.82, 2.24) is 0 Å². The Morgan fingerprint density at radius 2 is 1.50 bits per heavy atom. The Bertz CT molecular complexity index is 796. The lowest BCUT2D eigenvalue weighted by Gasteiger charge is -2.17. The maximum absolute atomic E-state index is 13.7. The molecule has 0 aromatic heterocycles. The molecule has 2 N–H and O–H groups in total. The minimum atomic E-state index is -1.28. The van der Waals surface area contributed by atoms with Gasteiger partial charge in [-0.3, -0.25) is 9.59 Å². The van der Waals surface area contributed by atoms with Crippen LogP contribution in [0, 0.1) is 24.0 Å². The highest BCUT2D eigenvalue weighted by molar-refractivity contribution is 6.17. The van der Waals surface area contributed by atoms with E-state index in [0.29, 0.717) is 18.5 Å². The zero-order valence-corrected chi connectivity index (χ0v) is 13.0. The van der Waals surface area contributed by atoms with Crippen molar-refractivity contribution >= 4 is 23.2 Å². The number of aryl methyl sites for hydroxylation is 1. The molecule has 1 aliphatic carbocycles. The molecule has 0 heterocycles. The molecule has 0 bridgehead atoms. The molecule has 1 fully saturated rings. The number of benzene rings is 2. The first-order valence-electron chi connectivity index (χ1n) is 7.56. The number of hydrogen-bond acceptors (Lipinski definition) is 2. The van der Waals surface area contributed by atoms with E-state index < -0.39 is 34.6 Å². The Morgan fingerprint density at radius 1 is 0.917 bits per heavy atom. The van der Waals surface area contributed by atoms with Gasteiger partial charge in [0.25, 0.3) is 0 Å². The van der Waals surface area contributed by atoms with Crippen LogP contribution in [-0.4, -0.2) is 11.8 Å². The molecule has 2 amide bonds. The van der Waals surface area contributed by atoms with E-state index in [0.717, 1.165) is 17.7 Å². The molecule has 0 aliphatic heterocycles. The van der Waals surface area contributed by atoms with Crippen molar-refractivity contribution in [3.8, 4) is 0 Å². The van der Waals surface area contributed by atoms with E-state index in [1.165, 1.54) is 6.07 Å². The van der Waals surface area contributed by atoms with Gasteiger partial charge >= 0.3 is 0 Å². The van der Waals surface area contributed by atoms with Gasteiger partial charge in [0.1, 0.15) is 22.7 Å². The van der Waals surface area contributed by atoms with E-state index in [-0.39, 0.29) is 0 Å². The number of para-hydroxylation sites is 2. The van der Waals surface area contributed by atoms with Gasteiger partial charge < -0.3 is 10.6 Å². The Hall–Kier alpha value is -2.76. The van der Waals surface area contributed by atoms with Gasteiger partial charge in [0.15, 0.2) is 0 Å². The zero-order chi connectivity index (χ0) is 17.3. The Morgan fingerprint density at radius 3 is 2.08 bits per heavy atom. The second kappa shape index (κ2) is 6.03. The molecule has 1 aliphatic rings. The smallest absolute Gasteiger partial charge is 0.240 e. The maximum Gasteiger partial charge on any atom is 0.240 e. The van der Waals surface area contributed by atoms with Crippen LogP contribution in [-0.2, 0) is 9.59 Å². The van der Waals surface area contributed by atoms with Gasteiger partial charge in [-0.15, -0.1) is 0 Å². The Kier molecular flexibility index (Phi) is 4.05. The summed E-state index contributed by atoms with van der Waals surface area (Å²) in [5, 5.41) is 4.93. The van der Waals surface area contributed by atoms with Crippen LogP contribution in [0.3, 0.4) is 0 Å². The van der Waals surface area contributed by atoms with Crippen molar-refractivity contribution in [3.05, 3.63) is 59.7 Å². The molecular formula is C18H16F2N2O2. The number of carbonyl (C=O) groups is 2. The van der Waals surface area contributed by atoms with E-state index in [9.17, 15) is 18.4 Å². The van der Waals surface area contributed by atoms with Crippen molar-refractivity contribution in [2.24, 2.45) is 5.41 Å². The van der Waals surface area contributed by atoms with E-state index in [4.69, 9.17) is 0 Å². The van der Waals surface area contributed by atoms with Crippen LogP contribution >= 0.6 is 0 Å². The average Bonchev–Trinajstić information content (AvgIpc) is 3.35. The largest absolute Gasteiger partial charge is 0.325 e. The number of anilines is 2. The molecule has 2 aromatic rings. The first-order chi connectivity index (χ1) is 11.4.